The molecule has 1 amide bonds. The number of anilines is 2. The number of amides is 1. The molecule has 0 radical (unpaired) electrons. The summed E-state index contributed by atoms with van der Waals surface area (Å²) in [5.74, 6) is 1.13. The number of carbonyl (C=O) groups excluding carboxylic acids is 1. The van der Waals surface area contributed by atoms with Gasteiger partial charge in [-0.2, -0.15) is 9.61 Å². The number of hydrogen-bond acceptors (Lipinski definition) is 5. The van der Waals surface area contributed by atoms with Crippen LogP contribution < -0.4 is 10.2 Å². The van der Waals surface area contributed by atoms with Gasteiger partial charge in [0, 0.05) is 56.6 Å². The van der Waals surface area contributed by atoms with E-state index in [2.05, 4.69) is 45.2 Å². The molecule has 1 fully saturated rings. The minimum absolute atomic E-state index is 0.0285. The topological polar surface area (TPSA) is 65.8 Å². The number of benzene rings is 1. The lowest BCUT2D eigenvalue weighted by Gasteiger charge is -2.33. The Morgan fingerprint density at radius 3 is 2.41 bits per heavy atom. The van der Waals surface area contributed by atoms with E-state index in [1.807, 2.05) is 41.8 Å². The molecular weight excluding hydrogens is 364 g/mol. The lowest BCUT2D eigenvalue weighted by atomic mass is 10.1. The smallest absolute Gasteiger partial charge is 0.221 e. The van der Waals surface area contributed by atoms with Gasteiger partial charge in [0.05, 0.1) is 6.20 Å². The van der Waals surface area contributed by atoms with Gasteiger partial charge in [0.25, 0.3) is 0 Å². The first-order valence-corrected chi connectivity index (χ1v) is 10.1. The molecule has 7 heteroatoms. The van der Waals surface area contributed by atoms with Gasteiger partial charge in [0.2, 0.25) is 5.91 Å². The van der Waals surface area contributed by atoms with Crippen LogP contribution in [0.15, 0.2) is 42.6 Å². The quantitative estimate of drug-likeness (QED) is 0.740. The van der Waals surface area contributed by atoms with Crippen LogP contribution in [0, 0.1) is 6.92 Å². The van der Waals surface area contributed by atoms with Gasteiger partial charge in [-0.05, 0) is 38.1 Å². The maximum Gasteiger partial charge on any atom is 0.221 e. The molecule has 1 N–H and O–H groups in total. The number of piperazine rings is 1. The summed E-state index contributed by atoms with van der Waals surface area (Å²) in [4.78, 5) is 19.9. The fourth-order valence-electron chi connectivity index (χ4n) is 3.31. The van der Waals surface area contributed by atoms with Crippen molar-refractivity contribution in [2.45, 2.75) is 27.2 Å². The predicted molar refractivity (Wildman–Crippen MR) is 118 cm³/mol. The Kier molecular flexibility index (Phi) is 6.82. The van der Waals surface area contributed by atoms with Crippen molar-refractivity contribution in [2.24, 2.45) is 0 Å². The minimum atomic E-state index is -0.0285. The second kappa shape index (κ2) is 9.52. The highest BCUT2D eigenvalue weighted by Gasteiger charge is 2.17. The second-order valence-electron chi connectivity index (χ2n) is 7.38. The van der Waals surface area contributed by atoms with Crippen molar-refractivity contribution in [1.82, 2.24) is 19.5 Å². The van der Waals surface area contributed by atoms with Crippen molar-refractivity contribution < 1.29 is 4.79 Å². The highest BCUT2D eigenvalue weighted by molar-refractivity contribution is 5.88. The van der Waals surface area contributed by atoms with Crippen molar-refractivity contribution in [3.8, 4) is 0 Å². The van der Waals surface area contributed by atoms with Gasteiger partial charge in [-0.15, -0.1) is 0 Å². The largest absolute Gasteiger partial charge is 0.354 e. The third kappa shape index (κ3) is 5.54. The van der Waals surface area contributed by atoms with Gasteiger partial charge in [-0.3, -0.25) is 4.79 Å². The summed E-state index contributed by atoms with van der Waals surface area (Å²) < 4.78 is 1.93. The molecule has 1 aliphatic rings. The van der Waals surface area contributed by atoms with Gasteiger partial charge in [0.15, 0.2) is 5.65 Å². The van der Waals surface area contributed by atoms with E-state index in [0.717, 1.165) is 55.4 Å². The fourth-order valence-corrected chi connectivity index (χ4v) is 3.31. The molecule has 0 spiro atoms. The number of nitrogens with one attached hydrogen (secondary N) is 1. The summed E-state index contributed by atoms with van der Waals surface area (Å²) >= 11 is 0. The van der Waals surface area contributed by atoms with E-state index >= 15 is 0 Å². The Bertz CT molecular complexity index is 942. The van der Waals surface area contributed by atoms with Gasteiger partial charge >= 0.3 is 0 Å². The van der Waals surface area contributed by atoms with E-state index in [1.165, 1.54) is 12.5 Å². The number of likely N-dealkylation sites (N-methyl/N-ethyl adjacent to an activating group) is 1. The minimum Gasteiger partial charge on any atom is -0.354 e. The lowest BCUT2D eigenvalue weighted by molar-refractivity contribution is -0.114. The Hall–Kier alpha value is -2.93. The highest BCUT2D eigenvalue weighted by Crippen LogP contribution is 2.18. The number of aromatic nitrogens is 3. The first-order chi connectivity index (χ1) is 14.0. The summed E-state index contributed by atoms with van der Waals surface area (Å²) in [6.07, 6.45) is 2.84. The molecule has 3 heterocycles. The molecule has 29 heavy (non-hydrogen) atoms. The molecule has 0 atom stereocenters. The molecule has 4 rings (SSSR count). The van der Waals surface area contributed by atoms with Crippen LogP contribution in [0.25, 0.3) is 5.65 Å². The average Bonchev–Trinajstić information content (AvgIpc) is 3.17. The fraction of sp³-hybridized carbons (Fsp3) is 0.409. The molecular formula is C22H30N6O. The number of rotatable bonds is 3. The average molecular weight is 395 g/mol. The molecule has 0 aliphatic carbocycles. The summed E-state index contributed by atoms with van der Waals surface area (Å²) in [6.45, 7) is 9.95. The normalized spacial score (nSPS) is 14.4. The maximum atomic E-state index is 10.7. The SMILES string of the molecule is CCc1ccc(NC(C)=O)cc1.Cc1cc(N2CCN(C)CC2)n2nccc2n1. The molecule has 154 valence electrons. The zero-order valence-electron chi connectivity index (χ0n) is 17.7. The van der Waals surface area contributed by atoms with Crippen LogP contribution in [0.4, 0.5) is 11.5 Å². The molecule has 0 unspecified atom stereocenters. The monoisotopic (exact) mass is 394 g/mol. The molecule has 0 saturated carbocycles. The van der Waals surface area contributed by atoms with Crippen molar-refractivity contribution in [2.75, 3.05) is 43.4 Å². The molecule has 7 nitrogen and oxygen atoms in total. The zero-order valence-corrected chi connectivity index (χ0v) is 17.7. The van der Waals surface area contributed by atoms with Gasteiger partial charge in [-0.25, -0.2) is 4.98 Å². The third-order valence-electron chi connectivity index (χ3n) is 4.98. The van der Waals surface area contributed by atoms with E-state index < -0.39 is 0 Å². The zero-order chi connectivity index (χ0) is 20.8. The Morgan fingerprint density at radius 1 is 1.10 bits per heavy atom. The number of fused-ring (bicyclic) bond motifs is 1. The van der Waals surface area contributed by atoms with E-state index in [9.17, 15) is 4.79 Å². The van der Waals surface area contributed by atoms with Crippen LogP contribution >= 0.6 is 0 Å². The third-order valence-corrected chi connectivity index (χ3v) is 4.98. The van der Waals surface area contributed by atoms with Crippen LogP contribution in [0.5, 0.6) is 0 Å². The van der Waals surface area contributed by atoms with E-state index in [0.29, 0.717) is 0 Å². The summed E-state index contributed by atoms with van der Waals surface area (Å²) in [7, 11) is 2.17. The maximum absolute atomic E-state index is 10.7. The summed E-state index contributed by atoms with van der Waals surface area (Å²) in [5.41, 5.74) is 4.12. The number of aryl methyl sites for hydroxylation is 2. The summed E-state index contributed by atoms with van der Waals surface area (Å²) in [6, 6.07) is 11.9. The molecule has 1 saturated heterocycles. The highest BCUT2D eigenvalue weighted by atomic mass is 16.1. The molecule has 1 aromatic carbocycles. The Morgan fingerprint density at radius 2 is 1.79 bits per heavy atom. The van der Waals surface area contributed by atoms with Crippen LogP contribution in [0.3, 0.4) is 0 Å². The van der Waals surface area contributed by atoms with Crippen molar-refractivity contribution in [3.63, 3.8) is 0 Å². The van der Waals surface area contributed by atoms with Gasteiger partial charge in [-0.1, -0.05) is 19.1 Å². The Balaban J connectivity index is 0.000000177. The van der Waals surface area contributed by atoms with E-state index in [4.69, 9.17) is 0 Å². The summed E-state index contributed by atoms with van der Waals surface area (Å²) in [5, 5.41) is 7.07. The van der Waals surface area contributed by atoms with Crippen molar-refractivity contribution in [1.29, 1.82) is 0 Å². The molecule has 3 aromatic rings. The van der Waals surface area contributed by atoms with Crippen molar-refractivity contribution in [3.05, 3.63) is 53.9 Å². The standard InChI is InChI=1S/C12H17N5.C10H13NO/c1-10-9-12(16-7-5-15(2)6-8-16)17-11(14-10)3-4-13-17;1-3-9-4-6-10(7-5-9)11-8(2)12/h3-4,9H,5-8H2,1-2H3;4-7H,3H2,1-2H3,(H,11,12). The van der Waals surface area contributed by atoms with Crippen LogP contribution in [0.2, 0.25) is 0 Å². The number of hydrogen-bond donors (Lipinski definition) is 1. The molecule has 1 aliphatic heterocycles. The second-order valence-corrected chi connectivity index (χ2v) is 7.38. The molecule has 2 aromatic heterocycles. The first-order valence-electron chi connectivity index (χ1n) is 10.1. The van der Waals surface area contributed by atoms with Crippen molar-refractivity contribution >= 4 is 23.1 Å². The van der Waals surface area contributed by atoms with Gasteiger partial charge < -0.3 is 15.1 Å². The van der Waals surface area contributed by atoms with Crippen LogP contribution in [-0.4, -0.2) is 58.6 Å². The molecule has 0 bridgehead atoms. The van der Waals surface area contributed by atoms with E-state index in [1.54, 1.807) is 6.20 Å². The van der Waals surface area contributed by atoms with Crippen LogP contribution in [0.1, 0.15) is 25.1 Å². The van der Waals surface area contributed by atoms with Gasteiger partial charge in [0.1, 0.15) is 5.82 Å². The first kappa shape index (κ1) is 20.8. The lowest BCUT2D eigenvalue weighted by Crippen LogP contribution is -2.45. The number of carbonyl (C=O) groups is 1. The number of nitrogens with zero attached hydrogens (tertiary/aromatic N) is 5. The van der Waals surface area contributed by atoms with Crippen LogP contribution in [-0.2, 0) is 11.2 Å². The predicted octanol–water partition coefficient (Wildman–Crippen LogP) is 3.00. The van der Waals surface area contributed by atoms with E-state index in [-0.39, 0.29) is 5.91 Å². The Labute approximate surface area is 172 Å².